The molecule has 7 heteroatoms. The highest BCUT2D eigenvalue weighted by Gasteiger charge is 2.15. The molecule has 3 aromatic rings. The van der Waals surface area contributed by atoms with Crippen molar-refractivity contribution < 1.29 is 9.53 Å². The van der Waals surface area contributed by atoms with Crippen LogP contribution in [0.4, 0.5) is 0 Å². The number of hydrogen-bond acceptors (Lipinski definition) is 5. The second kappa shape index (κ2) is 6.40. The van der Waals surface area contributed by atoms with Crippen LogP contribution in [0.1, 0.15) is 15.5 Å². The van der Waals surface area contributed by atoms with Crippen LogP contribution in [0.2, 0.25) is 0 Å². The van der Waals surface area contributed by atoms with Crippen LogP contribution < -0.4 is 10.1 Å². The van der Waals surface area contributed by atoms with Gasteiger partial charge in [0.1, 0.15) is 17.0 Å². The molecule has 0 unspecified atom stereocenters. The lowest BCUT2D eigenvalue weighted by atomic mass is 10.3. The molecule has 0 bridgehead atoms. The zero-order valence-corrected chi connectivity index (χ0v) is 12.7. The highest BCUT2D eigenvalue weighted by atomic mass is 32.1. The molecule has 2 aromatic heterocycles. The number of carbonyl (C=O) groups excluding carboxylic acids is 1. The van der Waals surface area contributed by atoms with Crippen molar-refractivity contribution in [2.75, 3.05) is 7.11 Å². The molecule has 22 heavy (non-hydrogen) atoms. The van der Waals surface area contributed by atoms with E-state index in [1.54, 1.807) is 19.5 Å². The minimum absolute atomic E-state index is 0.186. The summed E-state index contributed by atoms with van der Waals surface area (Å²) >= 11 is 1.34. The molecule has 112 valence electrons. The van der Waals surface area contributed by atoms with Gasteiger partial charge in [0.05, 0.1) is 13.7 Å². The molecule has 0 aliphatic carbocycles. The van der Waals surface area contributed by atoms with Crippen molar-refractivity contribution in [3.8, 4) is 11.4 Å². The van der Waals surface area contributed by atoms with E-state index in [-0.39, 0.29) is 12.5 Å². The Hall–Kier alpha value is -2.67. The third kappa shape index (κ3) is 2.84. The molecule has 0 fully saturated rings. The molecule has 1 amide bonds. The average molecular weight is 314 g/mol. The summed E-state index contributed by atoms with van der Waals surface area (Å²) in [5.74, 6) is 1.05. The van der Waals surface area contributed by atoms with Crippen LogP contribution in [-0.2, 0) is 6.54 Å². The molecule has 1 aromatic carbocycles. The Kier molecular flexibility index (Phi) is 4.15. The second-order valence-electron chi connectivity index (χ2n) is 4.45. The molecule has 6 nitrogen and oxygen atoms in total. The number of aromatic nitrogens is 3. The van der Waals surface area contributed by atoms with Crippen molar-refractivity contribution in [1.82, 2.24) is 20.1 Å². The van der Waals surface area contributed by atoms with Gasteiger partial charge in [0.2, 0.25) is 0 Å². The molecule has 0 radical (unpaired) electrons. The van der Waals surface area contributed by atoms with Crippen LogP contribution in [0.3, 0.4) is 0 Å². The number of thiophene rings is 1. The van der Waals surface area contributed by atoms with E-state index in [2.05, 4.69) is 15.5 Å². The smallest absolute Gasteiger partial charge is 0.265 e. The van der Waals surface area contributed by atoms with Gasteiger partial charge in [-0.05, 0) is 23.6 Å². The number of rotatable bonds is 5. The molecule has 0 saturated carbocycles. The van der Waals surface area contributed by atoms with Gasteiger partial charge < -0.3 is 10.1 Å². The molecule has 0 atom stereocenters. The quantitative estimate of drug-likeness (QED) is 0.784. The lowest BCUT2D eigenvalue weighted by Crippen LogP contribution is -2.24. The maximum Gasteiger partial charge on any atom is 0.265 e. The summed E-state index contributed by atoms with van der Waals surface area (Å²) in [7, 11) is 1.55. The second-order valence-corrected chi connectivity index (χ2v) is 5.37. The Morgan fingerprint density at radius 3 is 2.91 bits per heavy atom. The maximum absolute atomic E-state index is 12.2. The van der Waals surface area contributed by atoms with Crippen molar-refractivity contribution in [3.63, 3.8) is 0 Å². The Morgan fingerprint density at radius 2 is 2.14 bits per heavy atom. The van der Waals surface area contributed by atoms with Gasteiger partial charge in [-0.25, -0.2) is 0 Å². The van der Waals surface area contributed by atoms with Crippen LogP contribution in [0.25, 0.3) is 5.69 Å². The van der Waals surface area contributed by atoms with E-state index in [1.165, 1.54) is 11.3 Å². The number of para-hydroxylation sites is 1. The minimum atomic E-state index is -0.186. The van der Waals surface area contributed by atoms with Gasteiger partial charge in [-0.1, -0.05) is 18.2 Å². The third-order valence-electron chi connectivity index (χ3n) is 3.12. The lowest BCUT2D eigenvalue weighted by molar-refractivity contribution is 0.0951. The summed E-state index contributed by atoms with van der Waals surface area (Å²) in [4.78, 5) is 12.7. The van der Waals surface area contributed by atoms with Gasteiger partial charge >= 0.3 is 0 Å². The van der Waals surface area contributed by atoms with Crippen molar-refractivity contribution in [2.45, 2.75) is 6.54 Å². The number of carbonyl (C=O) groups is 1. The molecule has 0 spiro atoms. The summed E-state index contributed by atoms with van der Waals surface area (Å²) in [5.41, 5.74) is 0.949. The van der Waals surface area contributed by atoms with Crippen molar-refractivity contribution in [3.05, 3.63) is 58.8 Å². The highest BCUT2D eigenvalue weighted by molar-refractivity contribution is 7.12. The summed E-state index contributed by atoms with van der Waals surface area (Å²) in [6.07, 6.45) is 1.63. The molecule has 0 aliphatic heterocycles. The predicted molar refractivity (Wildman–Crippen MR) is 83.4 cm³/mol. The van der Waals surface area contributed by atoms with Crippen LogP contribution in [0.5, 0.6) is 5.75 Å². The lowest BCUT2D eigenvalue weighted by Gasteiger charge is -2.08. The number of methoxy groups -OCH3 is 1. The van der Waals surface area contributed by atoms with E-state index in [9.17, 15) is 4.79 Å². The summed E-state index contributed by atoms with van der Waals surface area (Å²) in [6.45, 7) is 0.286. The van der Waals surface area contributed by atoms with Crippen LogP contribution >= 0.6 is 11.3 Å². The fraction of sp³-hybridized carbons (Fsp3) is 0.133. The largest absolute Gasteiger partial charge is 0.495 e. The molecule has 0 aliphatic rings. The van der Waals surface area contributed by atoms with Crippen molar-refractivity contribution in [1.29, 1.82) is 0 Å². The monoisotopic (exact) mass is 314 g/mol. The van der Waals surface area contributed by atoms with Gasteiger partial charge in [0.25, 0.3) is 5.91 Å². The highest BCUT2D eigenvalue weighted by Crippen LogP contribution is 2.24. The normalized spacial score (nSPS) is 10.4. The first-order valence-corrected chi connectivity index (χ1v) is 7.51. The zero-order chi connectivity index (χ0) is 15.4. The summed E-state index contributed by atoms with van der Waals surface area (Å²) in [6, 6.07) is 11.5. The van der Waals surface area contributed by atoms with Crippen LogP contribution in [-0.4, -0.2) is 27.8 Å². The van der Waals surface area contributed by atoms with E-state index in [0.717, 1.165) is 5.69 Å². The van der Waals surface area contributed by atoms with Gasteiger partial charge in [0.15, 0.2) is 5.82 Å². The predicted octanol–water partition coefficient (Wildman–Crippen LogP) is 2.27. The zero-order valence-electron chi connectivity index (χ0n) is 11.9. The Labute approximate surface area is 131 Å². The van der Waals surface area contributed by atoms with E-state index < -0.39 is 0 Å². The minimum Gasteiger partial charge on any atom is -0.495 e. The number of ether oxygens (including phenoxy) is 1. The SMILES string of the molecule is COc1ccsc1C(=O)NCc1nncn1-c1ccccc1. The molecule has 2 heterocycles. The number of hydrogen-bond donors (Lipinski definition) is 1. The van der Waals surface area contributed by atoms with Crippen LogP contribution in [0, 0.1) is 0 Å². The first-order valence-electron chi connectivity index (χ1n) is 6.63. The van der Waals surface area contributed by atoms with Gasteiger partial charge in [-0.3, -0.25) is 9.36 Å². The molecule has 1 N–H and O–H groups in total. The van der Waals surface area contributed by atoms with E-state index in [4.69, 9.17) is 4.74 Å². The van der Waals surface area contributed by atoms with Crippen LogP contribution in [0.15, 0.2) is 48.1 Å². The molecular weight excluding hydrogens is 300 g/mol. The van der Waals surface area contributed by atoms with E-state index in [0.29, 0.717) is 16.5 Å². The molecular formula is C15H14N4O2S. The number of nitrogens with one attached hydrogen (secondary N) is 1. The van der Waals surface area contributed by atoms with E-state index in [1.807, 2.05) is 40.3 Å². The standard InChI is InChI=1S/C15H14N4O2S/c1-21-12-7-8-22-14(12)15(20)16-9-13-18-17-10-19(13)11-5-3-2-4-6-11/h2-8,10H,9H2,1H3,(H,16,20). The number of amides is 1. The Morgan fingerprint density at radius 1 is 1.32 bits per heavy atom. The van der Waals surface area contributed by atoms with Gasteiger partial charge in [-0.15, -0.1) is 21.5 Å². The molecule has 3 rings (SSSR count). The average Bonchev–Trinajstić information content (AvgIpc) is 3.22. The van der Waals surface area contributed by atoms with Crippen molar-refractivity contribution in [2.24, 2.45) is 0 Å². The maximum atomic E-state index is 12.2. The number of nitrogens with zero attached hydrogens (tertiary/aromatic N) is 3. The summed E-state index contributed by atoms with van der Waals surface area (Å²) in [5, 5.41) is 12.6. The fourth-order valence-corrected chi connectivity index (χ4v) is 2.82. The van der Waals surface area contributed by atoms with Gasteiger partial charge in [-0.2, -0.15) is 0 Å². The first-order chi connectivity index (χ1) is 10.8. The Bertz CT molecular complexity index is 767. The fourth-order valence-electron chi connectivity index (χ4n) is 2.05. The topological polar surface area (TPSA) is 69.0 Å². The Balaban J connectivity index is 1.73. The number of benzene rings is 1. The van der Waals surface area contributed by atoms with E-state index >= 15 is 0 Å². The third-order valence-corrected chi connectivity index (χ3v) is 4.01. The molecule has 0 saturated heterocycles. The first kappa shape index (κ1) is 14.3. The summed E-state index contributed by atoms with van der Waals surface area (Å²) < 4.78 is 6.99. The van der Waals surface area contributed by atoms with Crippen molar-refractivity contribution >= 4 is 17.2 Å². The van der Waals surface area contributed by atoms with Gasteiger partial charge in [0, 0.05) is 5.69 Å².